The first-order chi connectivity index (χ1) is 12.6. The second kappa shape index (κ2) is 8.88. The number of aliphatic hydroxyl groups is 1. The molecule has 4 unspecified atom stereocenters. The van der Waals surface area contributed by atoms with Crippen molar-refractivity contribution in [3.8, 4) is 0 Å². The van der Waals surface area contributed by atoms with Crippen LogP contribution in [-0.2, 0) is 10.2 Å². The first-order valence-corrected chi connectivity index (χ1v) is 10.0. The summed E-state index contributed by atoms with van der Waals surface area (Å²) in [6.45, 7) is 12.3. The highest BCUT2D eigenvalue weighted by Crippen LogP contribution is 2.52. The second-order valence-corrected chi connectivity index (χ2v) is 9.53. The van der Waals surface area contributed by atoms with Crippen molar-refractivity contribution in [2.45, 2.75) is 64.7 Å². The Kier molecular flexibility index (Phi) is 7.42. The van der Waals surface area contributed by atoms with E-state index in [9.17, 15) is 5.11 Å². The summed E-state index contributed by atoms with van der Waals surface area (Å²) in [5.41, 5.74) is 2.40. The highest BCUT2D eigenvalue weighted by Gasteiger charge is 2.59. The molecule has 1 aliphatic heterocycles. The van der Waals surface area contributed by atoms with Crippen molar-refractivity contribution in [1.29, 1.82) is 0 Å². The molecule has 28 heavy (non-hydrogen) atoms. The van der Waals surface area contributed by atoms with Gasteiger partial charge in [-0.25, -0.2) is 0 Å². The molecular formula is C22H36IN3O2. The van der Waals surface area contributed by atoms with Gasteiger partial charge in [0.1, 0.15) is 0 Å². The van der Waals surface area contributed by atoms with Crippen molar-refractivity contribution in [1.82, 2.24) is 10.6 Å². The lowest BCUT2D eigenvalue weighted by atomic mass is 9.57. The first kappa shape index (κ1) is 23.4. The van der Waals surface area contributed by atoms with Gasteiger partial charge in [-0.15, -0.1) is 24.0 Å². The number of ether oxygens (including phenoxy) is 1. The molecule has 1 aromatic carbocycles. The number of fused-ring (bicyclic) bond motifs is 1. The maximum atomic E-state index is 10.6. The SMILES string of the molecule is CN=C(NCC(O)c1ccc(C(C)(C)C)cc1)NC1C2CCOC2C1(C)C.I. The molecule has 1 aliphatic carbocycles. The van der Waals surface area contributed by atoms with Gasteiger partial charge in [-0.2, -0.15) is 0 Å². The number of rotatable bonds is 4. The third kappa shape index (κ3) is 4.65. The molecule has 0 spiro atoms. The van der Waals surface area contributed by atoms with Crippen LogP contribution < -0.4 is 10.6 Å². The molecule has 6 heteroatoms. The van der Waals surface area contributed by atoms with Crippen LogP contribution in [0.2, 0.25) is 0 Å². The second-order valence-electron chi connectivity index (χ2n) is 9.53. The topological polar surface area (TPSA) is 65.9 Å². The van der Waals surface area contributed by atoms with Crippen LogP contribution in [0.15, 0.2) is 29.3 Å². The normalized spacial score (nSPS) is 27.2. The Balaban J connectivity index is 0.00000280. The van der Waals surface area contributed by atoms with E-state index >= 15 is 0 Å². The average Bonchev–Trinajstić information content (AvgIpc) is 3.08. The molecule has 0 bridgehead atoms. The van der Waals surface area contributed by atoms with Gasteiger partial charge >= 0.3 is 0 Å². The molecule has 0 radical (unpaired) electrons. The predicted octanol–water partition coefficient (Wildman–Crippen LogP) is 3.61. The minimum Gasteiger partial charge on any atom is -0.387 e. The molecule has 5 nitrogen and oxygen atoms in total. The number of benzene rings is 1. The van der Waals surface area contributed by atoms with Crippen molar-refractivity contribution in [3.05, 3.63) is 35.4 Å². The molecule has 0 amide bonds. The lowest BCUT2D eigenvalue weighted by molar-refractivity contribution is -0.106. The molecule has 158 valence electrons. The average molecular weight is 501 g/mol. The number of hydrogen-bond donors (Lipinski definition) is 3. The third-order valence-electron chi connectivity index (χ3n) is 6.24. The fourth-order valence-corrected chi connectivity index (χ4v) is 4.48. The summed E-state index contributed by atoms with van der Waals surface area (Å²) in [7, 11) is 1.77. The molecular weight excluding hydrogens is 465 g/mol. The van der Waals surface area contributed by atoms with Crippen LogP contribution in [0.25, 0.3) is 0 Å². The van der Waals surface area contributed by atoms with Gasteiger partial charge < -0.3 is 20.5 Å². The van der Waals surface area contributed by atoms with Crippen LogP contribution in [0.1, 0.15) is 58.3 Å². The van der Waals surface area contributed by atoms with E-state index in [-0.39, 0.29) is 34.8 Å². The Morgan fingerprint density at radius 1 is 1.29 bits per heavy atom. The molecule has 3 N–H and O–H groups in total. The molecule has 3 rings (SSSR count). The van der Waals surface area contributed by atoms with Gasteiger partial charge in [-0.1, -0.05) is 58.9 Å². The lowest BCUT2D eigenvalue weighted by Crippen LogP contribution is -2.68. The largest absolute Gasteiger partial charge is 0.387 e. The van der Waals surface area contributed by atoms with E-state index < -0.39 is 6.10 Å². The van der Waals surface area contributed by atoms with Gasteiger partial charge in [0.2, 0.25) is 0 Å². The summed E-state index contributed by atoms with van der Waals surface area (Å²) in [6, 6.07) is 8.57. The minimum absolute atomic E-state index is 0. The number of halogens is 1. The molecule has 1 heterocycles. The van der Waals surface area contributed by atoms with Gasteiger partial charge in [0, 0.05) is 37.6 Å². The number of nitrogens with zero attached hydrogens (tertiary/aromatic N) is 1. The van der Waals surface area contributed by atoms with Gasteiger partial charge in [-0.3, -0.25) is 4.99 Å². The lowest BCUT2D eigenvalue weighted by Gasteiger charge is -2.54. The highest BCUT2D eigenvalue weighted by atomic mass is 127. The fraction of sp³-hybridized carbons (Fsp3) is 0.682. The fourth-order valence-electron chi connectivity index (χ4n) is 4.48. The van der Waals surface area contributed by atoms with E-state index in [0.29, 0.717) is 24.6 Å². The van der Waals surface area contributed by atoms with Crippen LogP contribution in [0, 0.1) is 11.3 Å². The van der Waals surface area contributed by atoms with Crippen molar-refractivity contribution < 1.29 is 9.84 Å². The molecule has 1 saturated heterocycles. The van der Waals surface area contributed by atoms with Crippen LogP contribution in [0.5, 0.6) is 0 Å². The van der Waals surface area contributed by atoms with Crippen molar-refractivity contribution >= 4 is 29.9 Å². The zero-order valence-electron chi connectivity index (χ0n) is 18.0. The maximum Gasteiger partial charge on any atom is 0.191 e. The Bertz CT molecular complexity index is 682. The van der Waals surface area contributed by atoms with Gasteiger partial charge in [0.15, 0.2) is 5.96 Å². The first-order valence-electron chi connectivity index (χ1n) is 10.0. The molecule has 0 aromatic heterocycles. The number of aliphatic hydroxyl groups excluding tert-OH is 1. The van der Waals surface area contributed by atoms with Gasteiger partial charge in [-0.05, 0) is 23.0 Å². The monoisotopic (exact) mass is 501 g/mol. The molecule has 1 aromatic rings. The smallest absolute Gasteiger partial charge is 0.191 e. The van der Waals surface area contributed by atoms with Crippen LogP contribution in [0.3, 0.4) is 0 Å². The van der Waals surface area contributed by atoms with E-state index in [0.717, 1.165) is 24.6 Å². The quantitative estimate of drug-likeness (QED) is 0.335. The summed E-state index contributed by atoms with van der Waals surface area (Å²) >= 11 is 0. The van der Waals surface area contributed by atoms with Crippen LogP contribution in [0.4, 0.5) is 0 Å². The van der Waals surface area contributed by atoms with Crippen molar-refractivity contribution in [3.63, 3.8) is 0 Å². The van der Waals surface area contributed by atoms with Gasteiger partial charge in [0.25, 0.3) is 0 Å². The predicted molar refractivity (Wildman–Crippen MR) is 125 cm³/mol. The van der Waals surface area contributed by atoms with E-state index in [4.69, 9.17) is 4.74 Å². The maximum absolute atomic E-state index is 10.6. The van der Waals surface area contributed by atoms with Crippen molar-refractivity contribution in [2.75, 3.05) is 20.2 Å². The zero-order chi connectivity index (χ0) is 19.8. The Morgan fingerprint density at radius 3 is 2.50 bits per heavy atom. The Labute approximate surface area is 186 Å². The van der Waals surface area contributed by atoms with E-state index in [1.165, 1.54) is 5.56 Å². The van der Waals surface area contributed by atoms with Crippen LogP contribution >= 0.6 is 24.0 Å². The number of aliphatic imine (C=N–C) groups is 1. The summed E-state index contributed by atoms with van der Waals surface area (Å²) in [5, 5.41) is 17.4. The zero-order valence-corrected chi connectivity index (χ0v) is 20.3. The number of guanidine groups is 1. The molecule has 2 fully saturated rings. The van der Waals surface area contributed by atoms with Crippen LogP contribution in [-0.4, -0.2) is 43.4 Å². The number of hydrogen-bond acceptors (Lipinski definition) is 3. The van der Waals surface area contributed by atoms with Crippen molar-refractivity contribution in [2.24, 2.45) is 16.3 Å². The Morgan fingerprint density at radius 2 is 1.93 bits per heavy atom. The molecule has 1 saturated carbocycles. The summed E-state index contributed by atoms with van der Waals surface area (Å²) in [4.78, 5) is 4.34. The highest BCUT2D eigenvalue weighted by molar-refractivity contribution is 14.0. The molecule has 2 aliphatic rings. The number of nitrogens with one attached hydrogen (secondary N) is 2. The third-order valence-corrected chi connectivity index (χ3v) is 6.24. The summed E-state index contributed by atoms with van der Waals surface area (Å²) in [6.07, 6.45) is 0.875. The van der Waals surface area contributed by atoms with E-state index in [2.05, 4.69) is 62.4 Å². The standard InChI is InChI=1S/C22H35N3O2.HI/c1-21(2,3)15-9-7-14(8-10-15)17(26)13-24-20(23-6)25-18-16-11-12-27-19(16)22(18,4)5;/h7-10,16-19,26H,11-13H2,1-6H3,(H2,23,24,25);1H. The molecule has 4 atom stereocenters. The van der Waals surface area contributed by atoms with E-state index in [1.807, 2.05) is 12.1 Å². The van der Waals surface area contributed by atoms with E-state index in [1.54, 1.807) is 7.05 Å². The Hall–Kier alpha value is -0.860. The summed E-state index contributed by atoms with van der Waals surface area (Å²) < 4.78 is 5.86. The van der Waals surface area contributed by atoms with Gasteiger partial charge in [0.05, 0.1) is 12.2 Å². The summed E-state index contributed by atoms with van der Waals surface area (Å²) in [5.74, 6) is 1.29. The minimum atomic E-state index is -0.575.